The van der Waals surface area contributed by atoms with Crippen LogP contribution in [0.1, 0.15) is 54.5 Å². The first-order valence-corrected chi connectivity index (χ1v) is 11.4. The molecule has 4 heteroatoms. The Balaban J connectivity index is 1.54. The van der Waals surface area contributed by atoms with Crippen LogP contribution in [-0.4, -0.2) is 23.8 Å². The van der Waals surface area contributed by atoms with Gasteiger partial charge in [0.1, 0.15) is 6.04 Å². The van der Waals surface area contributed by atoms with Gasteiger partial charge in [0.2, 0.25) is 5.91 Å². The first kappa shape index (κ1) is 22.5. The molecule has 1 aliphatic carbocycles. The summed E-state index contributed by atoms with van der Waals surface area (Å²) in [6.07, 6.45) is 3.23. The van der Waals surface area contributed by atoms with Crippen LogP contribution in [0, 0.1) is 0 Å². The van der Waals surface area contributed by atoms with Gasteiger partial charge in [-0.15, -0.1) is 0 Å². The van der Waals surface area contributed by atoms with E-state index in [4.69, 9.17) is 0 Å². The molecule has 4 nitrogen and oxygen atoms in total. The van der Waals surface area contributed by atoms with E-state index in [1.807, 2.05) is 66.7 Å². The van der Waals surface area contributed by atoms with Crippen LogP contribution >= 0.6 is 0 Å². The summed E-state index contributed by atoms with van der Waals surface area (Å²) in [4.78, 5) is 28.3. The zero-order chi connectivity index (χ0) is 23.4. The number of benzene rings is 3. The van der Waals surface area contributed by atoms with Gasteiger partial charge in [-0.2, -0.15) is 0 Å². The highest BCUT2D eigenvalue weighted by Gasteiger charge is 2.29. The van der Waals surface area contributed by atoms with Crippen LogP contribution in [0.25, 0.3) is 5.57 Å². The molecule has 0 radical (unpaired) electrons. The molecule has 0 saturated carbocycles. The van der Waals surface area contributed by atoms with Crippen molar-refractivity contribution in [3.8, 4) is 0 Å². The lowest BCUT2D eigenvalue weighted by atomic mass is 10.0. The third kappa shape index (κ3) is 5.06. The second-order valence-electron chi connectivity index (χ2n) is 8.85. The fourth-order valence-electron chi connectivity index (χ4n) is 4.30. The van der Waals surface area contributed by atoms with Gasteiger partial charge in [-0.05, 0) is 52.3 Å². The Bertz CT molecular complexity index is 1160. The van der Waals surface area contributed by atoms with Crippen molar-refractivity contribution in [2.24, 2.45) is 0 Å². The zero-order valence-corrected chi connectivity index (χ0v) is 19.4. The number of carbonyl (C=O) groups is 2. The summed E-state index contributed by atoms with van der Waals surface area (Å²) in [6.45, 7) is 4.27. The monoisotopic (exact) mass is 438 g/mol. The number of hydrogen-bond donors (Lipinski definition) is 1. The molecular weight excluding hydrogens is 408 g/mol. The molecule has 0 fully saturated rings. The van der Waals surface area contributed by atoms with Crippen molar-refractivity contribution < 1.29 is 9.59 Å². The normalized spacial score (nSPS) is 13.3. The Labute approximate surface area is 195 Å². The van der Waals surface area contributed by atoms with Crippen LogP contribution in [0.5, 0.6) is 0 Å². The van der Waals surface area contributed by atoms with Gasteiger partial charge in [0.15, 0.2) is 0 Å². The number of anilines is 1. The Morgan fingerprint density at radius 2 is 1.55 bits per heavy atom. The molecule has 3 aromatic carbocycles. The number of rotatable bonds is 7. The minimum atomic E-state index is -0.722. The maximum absolute atomic E-state index is 13.4. The number of nitrogens with one attached hydrogen (secondary N) is 1. The fraction of sp³-hybridized carbons (Fsp3) is 0.241. The minimum absolute atomic E-state index is 0.0860. The topological polar surface area (TPSA) is 49.4 Å². The molecule has 0 aliphatic heterocycles. The summed E-state index contributed by atoms with van der Waals surface area (Å²) < 4.78 is 0. The Hall–Kier alpha value is -3.66. The van der Waals surface area contributed by atoms with Crippen LogP contribution in [0.2, 0.25) is 0 Å². The number of carbonyl (C=O) groups excluding carboxylic acids is 2. The number of hydrogen-bond acceptors (Lipinski definition) is 2. The summed E-state index contributed by atoms with van der Waals surface area (Å²) in [6, 6.07) is 24.8. The molecule has 4 rings (SSSR count). The van der Waals surface area contributed by atoms with Crippen molar-refractivity contribution in [2.75, 3.05) is 12.4 Å². The maximum Gasteiger partial charge on any atom is 0.251 e. The van der Waals surface area contributed by atoms with Crippen LogP contribution in [0.3, 0.4) is 0 Å². The summed E-state index contributed by atoms with van der Waals surface area (Å²) in [5.74, 6) is 0.109. The Morgan fingerprint density at radius 1 is 0.879 bits per heavy atom. The first-order chi connectivity index (χ1) is 15.9. The molecule has 33 heavy (non-hydrogen) atoms. The van der Waals surface area contributed by atoms with E-state index in [2.05, 4.69) is 37.4 Å². The molecule has 2 amide bonds. The van der Waals surface area contributed by atoms with Crippen molar-refractivity contribution >= 4 is 23.1 Å². The average molecular weight is 439 g/mol. The van der Waals surface area contributed by atoms with E-state index in [1.165, 1.54) is 11.1 Å². The molecule has 0 spiro atoms. The van der Waals surface area contributed by atoms with Crippen molar-refractivity contribution in [1.82, 2.24) is 4.90 Å². The number of amides is 2. The van der Waals surface area contributed by atoms with E-state index in [0.717, 1.165) is 28.8 Å². The molecule has 1 N–H and O–H groups in total. The van der Waals surface area contributed by atoms with Crippen LogP contribution < -0.4 is 5.32 Å². The number of allylic oxidation sites excluding steroid dienone is 1. The predicted octanol–water partition coefficient (Wildman–Crippen LogP) is 5.98. The fourth-order valence-corrected chi connectivity index (χ4v) is 4.30. The van der Waals surface area contributed by atoms with Gasteiger partial charge in [0.05, 0.1) is 6.42 Å². The number of fused-ring (bicyclic) bond motifs is 1. The van der Waals surface area contributed by atoms with E-state index < -0.39 is 6.04 Å². The maximum atomic E-state index is 13.4. The lowest BCUT2D eigenvalue weighted by molar-refractivity contribution is -0.136. The highest BCUT2D eigenvalue weighted by Crippen LogP contribution is 2.31. The molecule has 3 aromatic rings. The highest BCUT2D eigenvalue weighted by molar-refractivity contribution is 5.99. The second-order valence-corrected chi connectivity index (χ2v) is 8.85. The standard InChI is InChI=1S/C29H30N2O2/c1-20(2)21-15-17-25(18-16-21)30-29(33)28(23-10-5-4-6-11-23)31(3)27(32)19-24-14-13-22-9-7-8-12-26(22)24/h4-12,14-18,20,28H,13,19H2,1-3H3,(H,30,33). The summed E-state index contributed by atoms with van der Waals surface area (Å²) in [5, 5.41) is 3.00. The van der Waals surface area contributed by atoms with E-state index in [-0.39, 0.29) is 18.2 Å². The van der Waals surface area contributed by atoms with Gasteiger partial charge in [0.25, 0.3) is 5.91 Å². The smallest absolute Gasteiger partial charge is 0.251 e. The van der Waals surface area contributed by atoms with E-state index in [0.29, 0.717) is 5.92 Å². The molecule has 168 valence electrons. The van der Waals surface area contributed by atoms with Gasteiger partial charge >= 0.3 is 0 Å². The minimum Gasteiger partial charge on any atom is -0.329 e. The largest absolute Gasteiger partial charge is 0.329 e. The first-order valence-electron chi connectivity index (χ1n) is 11.4. The van der Waals surface area contributed by atoms with Crippen LogP contribution in [-0.2, 0) is 16.0 Å². The second kappa shape index (κ2) is 9.86. The van der Waals surface area contributed by atoms with Crippen LogP contribution in [0.15, 0.2) is 84.9 Å². The summed E-state index contributed by atoms with van der Waals surface area (Å²) in [7, 11) is 1.71. The lowest BCUT2D eigenvalue weighted by Gasteiger charge is -2.28. The Kier molecular flexibility index (Phi) is 6.74. The average Bonchev–Trinajstić information content (AvgIpc) is 3.23. The van der Waals surface area contributed by atoms with Crippen molar-refractivity contribution in [1.29, 1.82) is 0 Å². The molecule has 0 saturated heterocycles. The van der Waals surface area contributed by atoms with E-state index >= 15 is 0 Å². The van der Waals surface area contributed by atoms with E-state index in [1.54, 1.807) is 11.9 Å². The number of nitrogens with zero attached hydrogens (tertiary/aromatic N) is 1. The van der Waals surface area contributed by atoms with Gasteiger partial charge in [-0.25, -0.2) is 0 Å². The highest BCUT2D eigenvalue weighted by atomic mass is 16.2. The Morgan fingerprint density at radius 3 is 2.24 bits per heavy atom. The van der Waals surface area contributed by atoms with Gasteiger partial charge in [-0.3, -0.25) is 9.59 Å². The van der Waals surface area contributed by atoms with Gasteiger partial charge < -0.3 is 10.2 Å². The summed E-state index contributed by atoms with van der Waals surface area (Å²) in [5.41, 5.74) is 6.11. The molecule has 1 aliphatic rings. The van der Waals surface area contributed by atoms with Crippen molar-refractivity contribution in [3.63, 3.8) is 0 Å². The van der Waals surface area contributed by atoms with Gasteiger partial charge in [-0.1, -0.05) is 86.7 Å². The third-order valence-electron chi connectivity index (χ3n) is 6.26. The van der Waals surface area contributed by atoms with Crippen molar-refractivity contribution in [2.45, 2.75) is 38.6 Å². The lowest BCUT2D eigenvalue weighted by Crippen LogP contribution is -2.38. The van der Waals surface area contributed by atoms with Gasteiger partial charge in [0, 0.05) is 12.7 Å². The third-order valence-corrected chi connectivity index (χ3v) is 6.26. The molecule has 1 atom stereocenters. The molecule has 0 heterocycles. The number of likely N-dealkylation sites (N-methyl/N-ethyl adjacent to an activating group) is 1. The molecular formula is C29H30N2O2. The quantitative estimate of drug-likeness (QED) is 0.493. The summed E-state index contributed by atoms with van der Waals surface area (Å²) >= 11 is 0. The zero-order valence-electron chi connectivity index (χ0n) is 19.4. The van der Waals surface area contributed by atoms with Crippen molar-refractivity contribution in [3.05, 3.63) is 107 Å². The molecule has 0 bridgehead atoms. The molecule has 0 aromatic heterocycles. The van der Waals surface area contributed by atoms with E-state index in [9.17, 15) is 9.59 Å². The van der Waals surface area contributed by atoms with Crippen LogP contribution in [0.4, 0.5) is 5.69 Å². The predicted molar refractivity (Wildman–Crippen MR) is 134 cm³/mol. The SMILES string of the molecule is CC(C)c1ccc(NC(=O)C(c2ccccc2)N(C)C(=O)CC2=CCc3ccccc32)cc1. The molecule has 1 unspecified atom stereocenters.